The number of benzene rings is 2. The van der Waals surface area contributed by atoms with Gasteiger partial charge >= 0.3 is 11.9 Å². The van der Waals surface area contributed by atoms with Crippen LogP contribution in [0.15, 0.2) is 42.5 Å². The minimum Gasteiger partial charge on any atom is -0.482 e. The maximum absolute atomic E-state index is 12.7. The van der Waals surface area contributed by atoms with Crippen molar-refractivity contribution in [3.05, 3.63) is 64.7 Å². The van der Waals surface area contributed by atoms with Gasteiger partial charge in [-0.2, -0.15) is 0 Å². The molecule has 3 rings (SSSR count). The summed E-state index contributed by atoms with van der Waals surface area (Å²) in [6.07, 6.45) is 0.359. The Hall–Kier alpha value is -3.35. The monoisotopic (exact) mass is 411 g/mol. The van der Waals surface area contributed by atoms with E-state index < -0.39 is 30.5 Å². The number of carbonyl (C=O) groups is 3. The van der Waals surface area contributed by atoms with Gasteiger partial charge in [-0.25, -0.2) is 9.59 Å². The van der Waals surface area contributed by atoms with Gasteiger partial charge in [-0.3, -0.25) is 4.79 Å². The zero-order valence-electron chi connectivity index (χ0n) is 17.3. The van der Waals surface area contributed by atoms with Crippen LogP contribution >= 0.6 is 0 Å². The van der Waals surface area contributed by atoms with Crippen LogP contribution in [0.3, 0.4) is 0 Å². The van der Waals surface area contributed by atoms with Gasteiger partial charge in [0, 0.05) is 13.0 Å². The van der Waals surface area contributed by atoms with Crippen molar-refractivity contribution in [3.8, 4) is 5.75 Å². The molecular formula is C23H25NO6. The summed E-state index contributed by atoms with van der Waals surface area (Å²) in [5.41, 5.74) is 3.95. The maximum Gasteiger partial charge on any atom is 0.344 e. The number of amides is 1. The summed E-state index contributed by atoms with van der Waals surface area (Å²) in [6.45, 7) is 3.34. The molecule has 1 aliphatic rings. The van der Waals surface area contributed by atoms with Crippen molar-refractivity contribution in [2.24, 2.45) is 0 Å². The quantitative estimate of drug-likeness (QED) is 0.679. The van der Waals surface area contributed by atoms with Gasteiger partial charge in [0.15, 0.2) is 13.2 Å². The zero-order valence-corrected chi connectivity index (χ0v) is 17.3. The normalized spacial score (nSPS) is 15.2. The second kappa shape index (κ2) is 9.43. The Morgan fingerprint density at radius 2 is 1.77 bits per heavy atom. The third-order valence-electron chi connectivity index (χ3n) is 5.07. The molecule has 1 aliphatic heterocycles. The van der Waals surface area contributed by atoms with Crippen molar-refractivity contribution in [1.82, 2.24) is 4.90 Å². The molecule has 0 unspecified atom stereocenters. The van der Waals surface area contributed by atoms with Gasteiger partial charge in [0.2, 0.25) is 0 Å². The molecule has 0 saturated heterocycles. The van der Waals surface area contributed by atoms with Gasteiger partial charge in [0.1, 0.15) is 11.8 Å². The van der Waals surface area contributed by atoms with E-state index in [-0.39, 0.29) is 13.2 Å². The standard InChI is InChI=1S/C23H25NO6/c1-15-8-9-20(16(2)10-15)29-14-22(26)30-13-21(25)24-12-18-7-5-4-6-17(18)11-19(24)23(27)28-3/h4-10,19H,11-14H2,1-3H3/t19-/m1/s1. The predicted octanol–water partition coefficient (Wildman–Crippen LogP) is 2.35. The first-order chi connectivity index (χ1) is 14.4. The summed E-state index contributed by atoms with van der Waals surface area (Å²) in [5, 5.41) is 0. The Morgan fingerprint density at radius 3 is 2.47 bits per heavy atom. The smallest absolute Gasteiger partial charge is 0.344 e. The number of hydrogen-bond acceptors (Lipinski definition) is 6. The summed E-state index contributed by atoms with van der Waals surface area (Å²) in [7, 11) is 1.29. The van der Waals surface area contributed by atoms with E-state index in [1.165, 1.54) is 12.0 Å². The number of ether oxygens (including phenoxy) is 3. The van der Waals surface area contributed by atoms with Crippen molar-refractivity contribution >= 4 is 17.8 Å². The maximum atomic E-state index is 12.7. The van der Waals surface area contributed by atoms with Crippen molar-refractivity contribution in [2.45, 2.75) is 32.9 Å². The third kappa shape index (κ3) is 4.97. The predicted molar refractivity (Wildman–Crippen MR) is 109 cm³/mol. The number of methoxy groups -OCH3 is 1. The first kappa shape index (κ1) is 21.4. The van der Waals surface area contributed by atoms with Crippen LogP contribution in [0.2, 0.25) is 0 Å². The molecule has 0 radical (unpaired) electrons. The Morgan fingerprint density at radius 1 is 1.03 bits per heavy atom. The first-order valence-electron chi connectivity index (χ1n) is 9.68. The zero-order chi connectivity index (χ0) is 21.7. The number of esters is 2. The number of carbonyl (C=O) groups excluding carboxylic acids is 3. The van der Waals surface area contributed by atoms with Gasteiger partial charge in [0.05, 0.1) is 7.11 Å². The van der Waals surface area contributed by atoms with Gasteiger partial charge in [-0.1, -0.05) is 42.0 Å². The van der Waals surface area contributed by atoms with Crippen molar-refractivity contribution in [3.63, 3.8) is 0 Å². The van der Waals surface area contributed by atoms with Crippen LogP contribution in [0.5, 0.6) is 5.75 Å². The average Bonchev–Trinajstić information content (AvgIpc) is 2.75. The van der Waals surface area contributed by atoms with Crippen LogP contribution < -0.4 is 4.74 Å². The van der Waals surface area contributed by atoms with Crippen molar-refractivity contribution < 1.29 is 28.6 Å². The Labute approximate surface area is 175 Å². The highest BCUT2D eigenvalue weighted by molar-refractivity contribution is 5.87. The second-order valence-electron chi connectivity index (χ2n) is 7.25. The van der Waals surface area contributed by atoms with Crippen molar-refractivity contribution in [2.75, 3.05) is 20.3 Å². The molecular weight excluding hydrogens is 386 g/mol. The van der Waals surface area contributed by atoms with E-state index in [0.29, 0.717) is 12.2 Å². The lowest BCUT2D eigenvalue weighted by atomic mass is 9.94. The molecule has 158 valence electrons. The molecule has 1 heterocycles. The average molecular weight is 411 g/mol. The number of rotatable bonds is 6. The third-order valence-corrected chi connectivity index (χ3v) is 5.07. The lowest BCUT2D eigenvalue weighted by Gasteiger charge is -2.35. The fraction of sp³-hybridized carbons (Fsp3) is 0.348. The molecule has 1 atom stereocenters. The van der Waals surface area contributed by atoms with Gasteiger partial charge < -0.3 is 19.1 Å². The van der Waals surface area contributed by atoms with Crippen molar-refractivity contribution in [1.29, 1.82) is 0 Å². The van der Waals surface area contributed by atoms with E-state index in [1.54, 1.807) is 6.07 Å². The SMILES string of the molecule is COC(=O)[C@H]1Cc2ccccc2CN1C(=O)COC(=O)COc1ccc(C)cc1C. The fourth-order valence-corrected chi connectivity index (χ4v) is 3.50. The molecule has 2 aromatic carbocycles. The molecule has 0 spiro atoms. The topological polar surface area (TPSA) is 82.1 Å². The largest absolute Gasteiger partial charge is 0.482 e. The number of nitrogens with zero attached hydrogens (tertiary/aromatic N) is 1. The summed E-state index contributed by atoms with van der Waals surface area (Å²) < 4.78 is 15.4. The van der Waals surface area contributed by atoms with E-state index in [1.807, 2.05) is 50.2 Å². The first-order valence-corrected chi connectivity index (χ1v) is 9.68. The minimum atomic E-state index is -0.748. The van der Waals surface area contributed by atoms with Crippen LogP contribution in [-0.4, -0.2) is 49.1 Å². The summed E-state index contributed by atoms with van der Waals surface area (Å²) in [4.78, 5) is 38.3. The van der Waals surface area contributed by atoms with Crippen LogP contribution in [0, 0.1) is 13.8 Å². The minimum absolute atomic E-state index is 0.255. The Balaban J connectivity index is 1.58. The molecule has 2 aromatic rings. The lowest BCUT2D eigenvalue weighted by molar-refractivity contribution is -0.160. The van der Waals surface area contributed by atoms with Gasteiger partial charge in [-0.15, -0.1) is 0 Å². The highest BCUT2D eigenvalue weighted by atomic mass is 16.6. The summed E-state index contributed by atoms with van der Waals surface area (Å²) in [5.74, 6) is -1.03. The van der Waals surface area contributed by atoms with Crippen LogP contribution in [0.1, 0.15) is 22.3 Å². The van der Waals surface area contributed by atoms with Crippen LogP contribution in [-0.2, 0) is 36.8 Å². The van der Waals surface area contributed by atoms with Gasteiger partial charge in [0.25, 0.3) is 5.91 Å². The molecule has 30 heavy (non-hydrogen) atoms. The molecule has 0 fully saturated rings. The highest BCUT2D eigenvalue weighted by Crippen LogP contribution is 2.24. The highest BCUT2D eigenvalue weighted by Gasteiger charge is 2.35. The number of aryl methyl sites for hydroxylation is 2. The Kier molecular flexibility index (Phi) is 6.72. The van der Waals surface area contributed by atoms with E-state index in [4.69, 9.17) is 14.2 Å². The van der Waals surface area contributed by atoms with E-state index in [9.17, 15) is 14.4 Å². The number of fused-ring (bicyclic) bond motifs is 1. The molecule has 0 bridgehead atoms. The molecule has 0 N–H and O–H groups in total. The van der Waals surface area contributed by atoms with Crippen LogP contribution in [0.25, 0.3) is 0 Å². The fourth-order valence-electron chi connectivity index (χ4n) is 3.50. The number of hydrogen-bond donors (Lipinski definition) is 0. The lowest BCUT2D eigenvalue weighted by Crippen LogP contribution is -2.50. The van der Waals surface area contributed by atoms with E-state index in [0.717, 1.165) is 22.3 Å². The molecule has 0 saturated carbocycles. The molecule has 7 heteroatoms. The Bertz CT molecular complexity index is 954. The van der Waals surface area contributed by atoms with E-state index >= 15 is 0 Å². The molecule has 0 aromatic heterocycles. The molecule has 1 amide bonds. The van der Waals surface area contributed by atoms with Gasteiger partial charge in [-0.05, 0) is 36.6 Å². The van der Waals surface area contributed by atoms with Crippen LogP contribution in [0.4, 0.5) is 0 Å². The molecule has 7 nitrogen and oxygen atoms in total. The molecule has 0 aliphatic carbocycles. The van der Waals surface area contributed by atoms with E-state index in [2.05, 4.69) is 0 Å². The summed E-state index contributed by atoms with van der Waals surface area (Å²) >= 11 is 0. The second-order valence-corrected chi connectivity index (χ2v) is 7.25. The summed E-state index contributed by atoms with van der Waals surface area (Å²) in [6, 6.07) is 12.5.